The Morgan fingerprint density at radius 3 is 2.22 bits per heavy atom. The van der Waals surface area contributed by atoms with Crippen LogP contribution in [0.4, 0.5) is 0 Å². The molecule has 1 atom stereocenters. The van der Waals surface area contributed by atoms with Crippen molar-refractivity contribution < 1.29 is 9.42 Å². The fraction of sp³-hybridized carbons (Fsp3) is 0.118. The minimum atomic E-state index is -2.15. The van der Waals surface area contributed by atoms with E-state index in [4.69, 9.17) is 4.52 Å². The van der Waals surface area contributed by atoms with Crippen LogP contribution in [0.25, 0.3) is 11.4 Å². The van der Waals surface area contributed by atoms with E-state index in [1.165, 1.54) is 0 Å². The average Bonchev–Trinajstić information content (AvgIpc) is 2.68. The lowest BCUT2D eigenvalue weighted by atomic mass is 10.1. The predicted molar refractivity (Wildman–Crippen MR) is 113 cm³/mol. The molecule has 7 nitrogen and oxygen atoms in total. The van der Waals surface area contributed by atoms with E-state index in [9.17, 15) is 4.89 Å². The molecule has 2 aromatic rings. The van der Waals surface area contributed by atoms with Gasteiger partial charge in [-0.15, -0.1) is 0 Å². The zero-order valence-electron chi connectivity index (χ0n) is 14.2. The fourth-order valence-corrected chi connectivity index (χ4v) is 3.28. The zero-order valence-corrected chi connectivity index (χ0v) is 18.3. The van der Waals surface area contributed by atoms with E-state index in [0.717, 1.165) is 25.8 Å². The number of hydrogen-bond acceptors (Lipinski definition) is 6. The van der Waals surface area contributed by atoms with Crippen molar-refractivity contribution in [2.75, 3.05) is 6.61 Å². The van der Waals surface area contributed by atoms with Gasteiger partial charge in [-0.3, -0.25) is 10.9 Å². The summed E-state index contributed by atoms with van der Waals surface area (Å²) in [5, 5.41) is 0. The third kappa shape index (κ3) is 5.37. The summed E-state index contributed by atoms with van der Waals surface area (Å²) in [7, 11) is -2.15. The van der Waals surface area contributed by atoms with Crippen LogP contribution in [0, 0.1) is 0 Å². The maximum absolute atomic E-state index is 11.6. The van der Waals surface area contributed by atoms with Crippen LogP contribution in [0.3, 0.4) is 0 Å². The van der Waals surface area contributed by atoms with E-state index in [1.54, 1.807) is 6.92 Å². The second-order valence-corrected chi connectivity index (χ2v) is 8.08. The molecular weight excluding hydrogens is 497 g/mol. The van der Waals surface area contributed by atoms with Gasteiger partial charge < -0.3 is 4.89 Å². The van der Waals surface area contributed by atoms with Crippen LogP contribution < -0.4 is 21.2 Å². The molecule has 140 valence electrons. The van der Waals surface area contributed by atoms with Crippen LogP contribution in [0.1, 0.15) is 18.1 Å². The van der Waals surface area contributed by atoms with Crippen molar-refractivity contribution in [3.63, 3.8) is 0 Å². The Balaban J connectivity index is 1.99. The summed E-state index contributed by atoms with van der Waals surface area (Å²) >= 11 is 6.89. The number of rotatable bonds is 5. The predicted octanol–water partition coefficient (Wildman–Crippen LogP) is 3.90. The van der Waals surface area contributed by atoms with Crippen LogP contribution in [0.15, 0.2) is 67.3 Å². The van der Waals surface area contributed by atoms with Crippen molar-refractivity contribution in [1.29, 1.82) is 0 Å². The van der Waals surface area contributed by atoms with Crippen molar-refractivity contribution in [3.05, 3.63) is 68.6 Å². The maximum atomic E-state index is 11.6. The van der Waals surface area contributed by atoms with Gasteiger partial charge in [-0.05, 0) is 31.2 Å². The van der Waals surface area contributed by atoms with E-state index in [-0.39, 0.29) is 0 Å². The van der Waals surface area contributed by atoms with Gasteiger partial charge in [0, 0.05) is 24.9 Å². The highest BCUT2D eigenvalue weighted by Crippen LogP contribution is 2.29. The summed E-state index contributed by atoms with van der Waals surface area (Å²) in [6, 6.07) is 15.7. The topological polar surface area (TPSA) is 93.1 Å². The number of nitrogens with zero attached hydrogens (tertiary/aromatic N) is 2. The highest BCUT2D eigenvalue weighted by Gasteiger charge is 2.18. The summed E-state index contributed by atoms with van der Waals surface area (Å²) in [4.78, 5) is 19.9. The Kier molecular flexibility index (Phi) is 6.98. The van der Waals surface area contributed by atoms with E-state index >= 15 is 0 Å². The first-order chi connectivity index (χ1) is 13.1. The second kappa shape index (κ2) is 9.43. The average molecular weight is 513 g/mol. The van der Waals surface area contributed by atoms with Gasteiger partial charge in [0.2, 0.25) is 5.96 Å². The SMILES string of the molecule is CCO/[P+]([O-])=N/NC1=NC(c2ccc(Br)cc2)=C(c2ccc(Br)cc2)NN1. The van der Waals surface area contributed by atoms with Gasteiger partial charge in [-0.25, -0.2) is 10.4 Å². The van der Waals surface area contributed by atoms with E-state index in [1.807, 2.05) is 48.5 Å². The van der Waals surface area contributed by atoms with Gasteiger partial charge in [0.1, 0.15) is 0 Å². The number of nitrogens with one attached hydrogen (secondary N) is 3. The van der Waals surface area contributed by atoms with Crippen LogP contribution in [0.5, 0.6) is 0 Å². The highest BCUT2D eigenvalue weighted by atomic mass is 79.9. The molecule has 0 aromatic heterocycles. The molecule has 1 heterocycles. The Labute approximate surface area is 174 Å². The van der Waals surface area contributed by atoms with Crippen molar-refractivity contribution in [2.45, 2.75) is 6.92 Å². The van der Waals surface area contributed by atoms with E-state index in [2.05, 4.69) is 58.0 Å². The van der Waals surface area contributed by atoms with Gasteiger partial charge in [0.05, 0.1) is 18.0 Å². The van der Waals surface area contributed by atoms with E-state index < -0.39 is 8.17 Å². The Morgan fingerprint density at radius 2 is 1.63 bits per heavy atom. The lowest BCUT2D eigenvalue weighted by Crippen LogP contribution is -2.45. The van der Waals surface area contributed by atoms with Gasteiger partial charge in [0.15, 0.2) is 0 Å². The molecule has 0 spiro atoms. The van der Waals surface area contributed by atoms with Crippen molar-refractivity contribution >= 4 is 57.4 Å². The lowest BCUT2D eigenvalue weighted by Gasteiger charge is -2.22. The minimum Gasteiger partial charge on any atom is -0.582 e. The molecule has 0 fully saturated rings. The van der Waals surface area contributed by atoms with Crippen LogP contribution in [0.2, 0.25) is 0 Å². The van der Waals surface area contributed by atoms with Gasteiger partial charge in [-0.2, -0.15) is 4.52 Å². The van der Waals surface area contributed by atoms with Crippen molar-refractivity contribution in [3.8, 4) is 0 Å². The molecule has 10 heteroatoms. The first-order valence-electron chi connectivity index (χ1n) is 8.00. The largest absolute Gasteiger partial charge is 0.582 e. The summed E-state index contributed by atoms with van der Waals surface area (Å²) < 4.78 is 6.88. The normalized spacial score (nSPS) is 14.4. The van der Waals surface area contributed by atoms with E-state index in [0.29, 0.717) is 18.3 Å². The number of hydrazine groups is 1. The first kappa shape index (κ1) is 20.0. The minimum absolute atomic E-state index is 0.316. The molecule has 1 aliphatic rings. The summed E-state index contributed by atoms with van der Waals surface area (Å²) in [5.74, 6) is 0.317. The number of guanidine groups is 1. The zero-order chi connectivity index (χ0) is 19.2. The molecule has 1 aliphatic heterocycles. The summed E-state index contributed by atoms with van der Waals surface area (Å²) in [5.41, 5.74) is 12.1. The Morgan fingerprint density at radius 1 is 1.04 bits per heavy atom. The fourth-order valence-electron chi connectivity index (χ4n) is 2.30. The smallest absolute Gasteiger partial charge is 0.367 e. The van der Waals surface area contributed by atoms with Crippen LogP contribution in [-0.2, 0) is 4.52 Å². The summed E-state index contributed by atoms with van der Waals surface area (Å²) in [6.45, 7) is 2.07. The highest BCUT2D eigenvalue weighted by molar-refractivity contribution is 9.10. The van der Waals surface area contributed by atoms with Gasteiger partial charge in [0.25, 0.3) is 0 Å². The molecule has 0 saturated carbocycles. The molecule has 0 amide bonds. The van der Waals surface area contributed by atoms with Crippen molar-refractivity contribution in [1.82, 2.24) is 16.3 Å². The molecule has 0 saturated heterocycles. The number of aliphatic imine (C=N–C) groups is 1. The molecule has 3 rings (SSSR count). The molecule has 0 aliphatic carbocycles. The van der Waals surface area contributed by atoms with Gasteiger partial charge >= 0.3 is 8.17 Å². The molecular formula is C17H16Br2N5O2P. The standard InChI is InChI=1S/C17H16Br2N5O2P/c1-2-26-27(25)24-23-17-20-15(11-3-7-13(18)8-4-11)16(21-22-17)12-5-9-14(19)10-6-12/h3-10,21H,2H2,1H3,(H2,20,22,23). The third-order valence-corrected chi connectivity index (χ3v) is 5.29. The monoisotopic (exact) mass is 511 g/mol. The maximum Gasteiger partial charge on any atom is 0.367 e. The number of hydrogen-bond donors (Lipinski definition) is 3. The summed E-state index contributed by atoms with van der Waals surface area (Å²) in [6.07, 6.45) is 0. The molecule has 3 N–H and O–H groups in total. The number of benzene rings is 2. The first-order valence-corrected chi connectivity index (χ1v) is 10.7. The van der Waals surface area contributed by atoms with Crippen LogP contribution in [-0.4, -0.2) is 12.6 Å². The molecule has 27 heavy (non-hydrogen) atoms. The Bertz CT molecular complexity index is 899. The third-order valence-electron chi connectivity index (χ3n) is 3.49. The van der Waals surface area contributed by atoms with Crippen LogP contribution >= 0.6 is 40.0 Å². The molecule has 2 aromatic carbocycles. The Hall–Kier alpha value is -1.77. The lowest BCUT2D eigenvalue weighted by molar-refractivity contribution is -0.175. The number of halogens is 2. The molecule has 1 unspecified atom stereocenters. The molecule has 0 radical (unpaired) electrons. The second-order valence-electron chi connectivity index (χ2n) is 5.32. The quantitative estimate of drug-likeness (QED) is 0.417. The van der Waals surface area contributed by atoms with Crippen molar-refractivity contribution in [2.24, 2.45) is 9.85 Å². The van der Waals surface area contributed by atoms with Gasteiger partial charge in [-0.1, -0.05) is 56.1 Å². The molecule has 0 bridgehead atoms.